The van der Waals surface area contributed by atoms with Crippen LogP contribution in [0.3, 0.4) is 0 Å². The lowest BCUT2D eigenvalue weighted by molar-refractivity contribution is 1.38. The summed E-state index contributed by atoms with van der Waals surface area (Å²) in [7, 11) is 0. The van der Waals surface area contributed by atoms with Crippen molar-refractivity contribution in [1.29, 1.82) is 5.26 Å². The van der Waals surface area contributed by atoms with Crippen molar-refractivity contribution in [2.75, 3.05) is 0 Å². The summed E-state index contributed by atoms with van der Waals surface area (Å²) in [6, 6.07) is 11.7. The second kappa shape index (κ2) is 3.39. The van der Waals surface area contributed by atoms with E-state index in [1.165, 1.54) is 5.56 Å². The van der Waals surface area contributed by atoms with E-state index in [0.29, 0.717) is 5.56 Å². The smallest absolute Gasteiger partial charge is 0.0991 e. The number of rotatable bonds is 1. The van der Waals surface area contributed by atoms with Gasteiger partial charge < -0.3 is 4.98 Å². The van der Waals surface area contributed by atoms with Crippen LogP contribution in [0.5, 0.6) is 0 Å². The van der Waals surface area contributed by atoms with Gasteiger partial charge in [0, 0.05) is 11.9 Å². The van der Waals surface area contributed by atoms with Gasteiger partial charge in [-0.1, -0.05) is 12.1 Å². The minimum atomic E-state index is 0.692. The summed E-state index contributed by atoms with van der Waals surface area (Å²) in [6.07, 6.45) is 1.97. The Morgan fingerprint density at radius 2 is 1.93 bits per heavy atom. The number of hydrogen-bond acceptors (Lipinski definition) is 1. The molecule has 2 nitrogen and oxygen atoms in total. The van der Waals surface area contributed by atoms with Gasteiger partial charge in [-0.25, -0.2) is 0 Å². The third kappa shape index (κ3) is 1.53. The van der Waals surface area contributed by atoms with E-state index in [1.807, 2.05) is 37.4 Å². The molecule has 68 valence electrons. The summed E-state index contributed by atoms with van der Waals surface area (Å²) in [5.41, 5.74) is 4.10. The summed E-state index contributed by atoms with van der Waals surface area (Å²) < 4.78 is 0. The molecule has 0 unspecified atom stereocenters. The van der Waals surface area contributed by atoms with Crippen LogP contribution in [0, 0.1) is 18.3 Å². The molecule has 0 fully saturated rings. The van der Waals surface area contributed by atoms with Crippen LogP contribution in [0.25, 0.3) is 11.3 Å². The van der Waals surface area contributed by atoms with Gasteiger partial charge in [0.15, 0.2) is 0 Å². The van der Waals surface area contributed by atoms with Crippen LogP contribution in [0.4, 0.5) is 0 Å². The zero-order valence-corrected chi connectivity index (χ0v) is 7.91. The topological polar surface area (TPSA) is 39.6 Å². The molecule has 0 radical (unpaired) electrons. The third-order valence-electron chi connectivity index (χ3n) is 2.15. The van der Waals surface area contributed by atoms with Gasteiger partial charge in [-0.05, 0) is 36.2 Å². The molecule has 1 N–H and O–H groups in total. The molecule has 0 bridgehead atoms. The molecule has 0 spiro atoms. The number of nitrogens with one attached hydrogen (secondary N) is 1. The molecular weight excluding hydrogens is 172 g/mol. The Hall–Kier alpha value is -2.01. The summed E-state index contributed by atoms with van der Waals surface area (Å²) in [5, 5.41) is 8.65. The van der Waals surface area contributed by atoms with Crippen molar-refractivity contribution in [3.8, 4) is 17.3 Å². The molecule has 2 rings (SSSR count). The summed E-state index contributed by atoms with van der Waals surface area (Å²) in [5.74, 6) is 0. The highest BCUT2D eigenvalue weighted by molar-refractivity contribution is 5.61. The molecule has 0 saturated heterocycles. The van der Waals surface area contributed by atoms with Crippen LogP contribution >= 0.6 is 0 Å². The highest BCUT2D eigenvalue weighted by atomic mass is 14.7. The maximum absolute atomic E-state index is 8.65. The number of nitrogens with zero attached hydrogens (tertiary/aromatic N) is 1. The second-order valence-electron chi connectivity index (χ2n) is 3.28. The maximum atomic E-state index is 8.65. The Balaban J connectivity index is 2.39. The standard InChI is InChI=1S/C12H10N2/c1-9-6-12(14-8-9)11-4-2-10(7-13)3-5-11/h2-6,8,14H,1H3. The predicted octanol–water partition coefficient (Wildman–Crippen LogP) is 2.86. The first-order valence-electron chi connectivity index (χ1n) is 4.45. The molecule has 1 aromatic heterocycles. The zero-order valence-electron chi connectivity index (χ0n) is 7.91. The lowest BCUT2D eigenvalue weighted by atomic mass is 10.1. The number of aromatic nitrogens is 1. The molecule has 0 saturated carbocycles. The van der Waals surface area contributed by atoms with E-state index < -0.39 is 0 Å². The number of aryl methyl sites for hydroxylation is 1. The van der Waals surface area contributed by atoms with Crippen LogP contribution in [0.2, 0.25) is 0 Å². The molecule has 0 aliphatic rings. The van der Waals surface area contributed by atoms with Gasteiger partial charge in [0.05, 0.1) is 11.6 Å². The van der Waals surface area contributed by atoms with Crippen LogP contribution in [-0.2, 0) is 0 Å². The van der Waals surface area contributed by atoms with E-state index in [1.54, 1.807) is 0 Å². The number of hydrogen-bond donors (Lipinski definition) is 1. The van der Waals surface area contributed by atoms with Crippen molar-refractivity contribution in [3.63, 3.8) is 0 Å². The fourth-order valence-corrected chi connectivity index (χ4v) is 1.39. The summed E-state index contributed by atoms with van der Waals surface area (Å²) in [6.45, 7) is 2.05. The molecule has 0 atom stereocenters. The summed E-state index contributed by atoms with van der Waals surface area (Å²) in [4.78, 5) is 3.18. The van der Waals surface area contributed by atoms with Gasteiger partial charge in [-0.3, -0.25) is 0 Å². The van der Waals surface area contributed by atoms with Gasteiger partial charge in [0.2, 0.25) is 0 Å². The van der Waals surface area contributed by atoms with Crippen molar-refractivity contribution in [1.82, 2.24) is 4.98 Å². The number of aromatic amines is 1. The quantitative estimate of drug-likeness (QED) is 0.723. The Morgan fingerprint density at radius 1 is 1.21 bits per heavy atom. The number of nitriles is 1. The fourth-order valence-electron chi connectivity index (χ4n) is 1.39. The third-order valence-corrected chi connectivity index (χ3v) is 2.15. The van der Waals surface area contributed by atoms with Crippen molar-refractivity contribution in [3.05, 3.63) is 47.7 Å². The minimum Gasteiger partial charge on any atom is -0.361 e. The molecule has 0 aliphatic heterocycles. The SMILES string of the molecule is Cc1c[nH]c(-c2ccc(C#N)cc2)c1. The van der Waals surface area contributed by atoms with E-state index in [-0.39, 0.29) is 0 Å². The average molecular weight is 182 g/mol. The van der Waals surface area contributed by atoms with Crippen molar-refractivity contribution >= 4 is 0 Å². The average Bonchev–Trinajstić information content (AvgIpc) is 2.65. The van der Waals surface area contributed by atoms with Gasteiger partial charge in [-0.15, -0.1) is 0 Å². The highest BCUT2D eigenvalue weighted by Gasteiger charge is 1.99. The van der Waals surface area contributed by atoms with Gasteiger partial charge in [-0.2, -0.15) is 5.26 Å². The molecule has 0 aliphatic carbocycles. The molecule has 0 amide bonds. The second-order valence-corrected chi connectivity index (χ2v) is 3.28. The molecule has 14 heavy (non-hydrogen) atoms. The summed E-state index contributed by atoms with van der Waals surface area (Å²) >= 11 is 0. The van der Waals surface area contributed by atoms with Gasteiger partial charge >= 0.3 is 0 Å². The van der Waals surface area contributed by atoms with Gasteiger partial charge in [0.1, 0.15) is 0 Å². The first-order valence-corrected chi connectivity index (χ1v) is 4.45. The molecular formula is C12H10N2. The molecule has 2 heteroatoms. The monoisotopic (exact) mass is 182 g/mol. The van der Waals surface area contributed by atoms with Crippen LogP contribution in [0.1, 0.15) is 11.1 Å². The van der Waals surface area contributed by atoms with Crippen molar-refractivity contribution < 1.29 is 0 Å². The number of benzene rings is 1. The van der Waals surface area contributed by atoms with Crippen LogP contribution in [-0.4, -0.2) is 4.98 Å². The Kier molecular flexibility index (Phi) is 2.08. The first kappa shape index (κ1) is 8.58. The molecule has 1 heterocycles. The van der Waals surface area contributed by atoms with E-state index in [2.05, 4.69) is 17.1 Å². The van der Waals surface area contributed by atoms with E-state index >= 15 is 0 Å². The fraction of sp³-hybridized carbons (Fsp3) is 0.0833. The van der Waals surface area contributed by atoms with Crippen molar-refractivity contribution in [2.45, 2.75) is 6.92 Å². The van der Waals surface area contributed by atoms with E-state index in [4.69, 9.17) is 5.26 Å². The number of H-pyrrole nitrogens is 1. The van der Waals surface area contributed by atoms with E-state index in [9.17, 15) is 0 Å². The Bertz CT molecular complexity index is 472. The van der Waals surface area contributed by atoms with Gasteiger partial charge in [0.25, 0.3) is 0 Å². The van der Waals surface area contributed by atoms with E-state index in [0.717, 1.165) is 11.3 Å². The zero-order chi connectivity index (χ0) is 9.97. The maximum Gasteiger partial charge on any atom is 0.0991 e. The van der Waals surface area contributed by atoms with Crippen LogP contribution in [0.15, 0.2) is 36.5 Å². The Labute approximate surface area is 82.8 Å². The first-order chi connectivity index (χ1) is 6.79. The van der Waals surface area contributed by atoms with Crippen LogP contribution < -0.4 is 0 Å². The Morgan fingerprint density at radius 3 is 2.43 bits per heavy atom. The lowest BCUT2D eigenvalue weighted by Gasteiger charge is -1.96. The largest absolute Gasteiger partial charge is 0.361 e. The van der Waals surface area contributed by atoms with Crippen molar-refractivity contribution in [2.24, 2.45) is 0 Å². The highest BCUT2D eigenvalue weighted by Crippen LogP contribution is 2.18. The predicted molar refractivity (Wildman–Crippen MR) is 55.7 cm³/mol. The molecule has 2 aromatic rings. The molecule has 1 aromatic carbocycles. The minimum absolute atomic E-state index is 0.692. The lowest BCUT2D eigenvalue weighted by Crippen LogP contribution is -1.77. The normalized spacial score (nSPS) is 9.71.